The van der Waals surface area contributed by atoms with Gasteiger partial charge in [-0.2, -0.15) is 0 Å². The molecule has 0 amide bonds. The monoisotopic (exact) mass is 252 g/mol. The van der Waals surface area contributed by atoms with Crippen LogP contribution in [0.2, 0.25) is 0 Å². The van der Waals surface area contributed by atoms with E-state index in [2.05, 4.69) is 19.2 Å². The summed E-state index contributed by atoms with van der Waals surface area (Å²) in [5, 5.41) is 0. The molecular weight excluding hydrogens is 240 g/mol. The highest BCUT2D eigenvalue weighted by Crippen LogP contribution is 2.40. The average Bonchev–Trinajstić information content (AvgIpc) is 2.28. The molecule has 0 atom stereocenters. The van der Waals surface area contributed by atoms with Crippen LogP contribution < -0.4 is 9.47 Å². The van der Waals surface area contributed by atoms with Crippen LogP contribution in [0.1, 0.15) is 12.5 Å². The summed E-state index contributed by atoms with van der Waals surface area (Å²) >= 11 is 4.28. The number of ether oxygens (including phenoxy) is 3. The summed E-state index contributed by atoms with van der Waals surface area (Å²) in [5.74, 6) is 0.685. The Balaban J connectivity index is 2.37. The predicted molar refractivity (Wildman–Crippen MR) is 65.5 cm³/mol. The quantitative estimate of drug-likeness (QED) is 0.509. The first-order valence-electron chi connectivity index (χ1n) is 5.13. The summed E-state index contributed by atoms with van der Waals surface area (Å²) in [7, 11) is 0. The zero-order valence-corrected chi connectivity index (χ0v) is 10.3. The van der Waals surface area contributed by atoms with Crippen molar-refractivity contribution in [1.82, 2.24) is 0 Å². The molecule has 5 heteroatoms. The summed E-state index contributed by atoms with van der Waals surface area (Å²) in [6, 6.07) is 3.44. The summed E-state index contributed by atoms with van der Waals surface area (Å²) in [4.78, 5) is 12.2. The Morgan fingerprint density at radius 1 is 1.53 bits per heavy atom. The minimum Gasteiger partial charge on any atom is -0.462 e. The molecule has 0 N–H and O–H groups in total. The van der Waals surface area contributed by atoms with Gasteiger partial charge in [-0.05, 0) is 19.1 Å². The van der Waals surface area contributed by atoms with E-state index in [1.54, 1.807) is 19.1 Å². The van der Waals surface area contributed by atoms with Crippen LogP contribution in [-0.2, 0) is 9.53 Å². The molecule has 1 heterocycles. The highest BCUT2D eigenvalue weighted by molar-refractivity contribution is 7.80. The summed E-state index contributed by atoms with van der Waals surface area (Å²) in [5.41, 5.74) is 0.839. The Morgan fingerprint density at radius 3 is 3.00 bits per heavy atom. The molecule has 0 radical (unpaired) electrons. The van der Waals surface area contributed by atoms with Gasteiger partial charge in [-0.15, -0.1) is 12.6 Å². The van der Waals surface area contributed by atoms with E-state index in [0.717, 1.165) is 0 Å². The van der Waals surface area contributed by atoms with Gasteiger partial charge in [-0.3, -0.25) is 0 Å². The minimum atomic E-state index is -0.459. The Hall–Kier alpha value is -1.62. The molecule has 1 aliphatic heterocycles. The Labute approximate surface area is 105 Å². The number of thiol groups is 1. The van der Waals surface area contributed by atoms with Crippen molar-refractivity contribution >= 4 is 24.2 Å². The first kappa shape index (κ1) is 11.9. The van der Waals surface area contributed by atoms with Crippen LogP contribution in [0.25, 0.3) is 5.57 Å². The summed E-state index contributed by atoms with van der Waals surface area (Å²) in [6.07, 6.45) is 0. The Bertz CT molecular complexity index is 482. The third kappa shape index (κ3) is 2.10. The second-order valence-corrected chi connectivity index (χ2v) is 3.84. The largest absolute Gasteiger partial charge is 0.462 e. The van der Waals surface area contributed by atoms with Crippen molar-refractivity contribution in [2.75, 3.05) is 13.4 Å². The molecule has 0 saturated carbocycles. The maximum Gasteiger partial charge on any atom is 0.338 e. The molecule has 0 spiro atoms. The van der Waals surface area contributed by atoms with Crippen LogP contribution >= 0.6 is 12.6 Å². The van der Waals surface area contributed by atoms with Crippen LogP contribution in [-0.4, -0.2) is 19.4 Å². The average molecular weight is 252 g/mol. The number of carbonyl (C=O) groups is 1. The molecule has 4 nitrogen and oxygen atoms in total. The fourth-order valence-corrected chi connectivity index (χ4v) is 1.86. The highest BCUT2D eigenvalue weighted by atomic mass is 32.1. The maximum atomic E-state index is 11.6. The SMILES string of the molecule is C=C(C(=O)OCC)c1ccc2c(S)c1OCO2. The predicted octanol–water partition coefficient (Wildman–Crippen LogP) is 2.28. The van der Waals surface area contributed by atoms with Crippen molar-refractivity contribution in [2.45, 2.75) is 11.8 Å². The van der Waals surface area contributed by atoms with Crippen LogP contribution in [0.15, 0.2) is 23.6 Å². The fraction of sp³-hybridized carbons (Fsp3) is 0.250. The molecule has 0 aliphatic carbocycles. The molecular formula is C12H12O4S. The van der Waals surface area contributed by atoms with Crippen LogP contribution in [0, 0.1) is 0 Å². The molecule has 1 aromatic rings. The number of fused-ring (bicyclic) bond motifs is 2. The van der Waals surface area contributed by atoms with Gasteiger partial charge in [0.25, 0.3) is 0 Å². The number of carbonyl (C=O) groups excluding carboxylic acids is 1. The molecule has 90 valence electrons. The van der Waals surface area contributed by atoms with Crippen LogP contribution in [0.3, 0.4) is 0 Å². The second-order valence-electron chi connectivity index (χ2n) is 3.39. The van der Waals surface area contributed by atoms with Gasteiger partial charge < -0.3 is 14.2 Å². The van der Waals surface area contributed by atoms with E-state index in [4.69, 9.17) is 14.2 Å². The lowest BCUT2D eigenvalue weighted by Gasteiger charge is -2.22. The van der Waals surface area contributed by atoms with Crippen LogP contribution in [0.4, 0.5) is 0 Å². The van der Waals surface area contributed by atoms with Gasteiger partial charge in [0.1, 0.15) is 11.5 Å². The number of hydrogen-bond donors (Lipinski definition) is 1. The zero-order chi connectivity index (χ0) is 12.4. The summed E-state index contributed by atoms with van der Waals surface area (Å²) in [6.45, 7) is 5.88. The molecule has 1 aromatic carbocycles. The Kier molecular flexibility index (Phi) is 3.28. The first-order chi connectivity index (χ1) is 8.15. The standard InChI is InChI=1S/C12H12O4S/c1-3-14-12(13)7(2)8-4-5-9-11(17)10(8)16-6-15-9/h4-5,17H,2-3,6H2,1H3. The van der Waals surface area contributed by atoms with Gasteiger partial charge in [0.2, 0.25) is 6.79 Å². The highest BCUT2D eigenvalue weighted by Gasteiger charge is 2.22. The van der Waals surface area contributed by atoms with E-state index in [0.29, 0.717) is 28.6 Å². The second kappa shape index (κ2) is 4.71. The first-order valence-corrected chi connectivity index (χ1v) is 5.57. The van der Waals surface area contributed by atoms with Crippen molar-refractivity contribution in [2.24, 2.45) is 0 Å². The molecule has 0 saturated heterocycles. The molecule has 2 bridgehead atoms. The van der Waals surface area contributed by atoms with Crippen molar-refractivity contribution in [3.05, 3.63) is 24.3 Å². The van der Waals surface area contributed by atoms with Gasteiger partial charge in [-0.25, -0.2) is 4.79 Å². The molecule has 2 rings (SSSR count). The minimum absolute atomic E-state index is 0.110. The van der Waals surface area contributed by atoms with Crippen molar-refractivity contribution in [1.29, 1.82) is 0 Å². The van der Waals surface area contributed by atoms with Gasteiger partial charge in [0, 0.05) is 5.56 Å². The van der Waals surface area contributed by atoms with Gasteiger partial charge >= 0.3 is 5.97 Å². The molecule has 17 heavy (non-hydrogen) atoms. The van der Waals surface area contributed by atoms with Gasteiger partial charge in [0.15, 0.2) is 0 Å². The lowest BCUT2D eigenvalue weighted by molar-refractivity contribution is -0.136. The molecule has 0 fully saturated rings. The van der Waals surface area contributed by atoms with E-state index in [-0.39, 0.29) is 12.4 Å². The van der Waals surface area contributed by atoms with Gasteiger partial charge in [-0.1, -0.05) is 6.58 Å². The lowest BCUT2D eigenvalue weighted by Crippen LogP contribution is -2.15. The smallest absolute Gasteiger partial charge is 0.338 e. The number of benzene rings is 1. The maximum absolute atomic E-state index is 11.6. The van der Waals surface area contributed by atoms with Crippen LogP contribution in [0.5, 0.6) is 11.5 Å². The topological polar surface area (TPSA) is 44.8 Å². The third-order valence-electron chi connectivity index (χ3n) is 2.36. The zero-order valence-electron chi connectivity index (χ0n) is 9.36. The van der Waals surface area contributed by atoms with E-state index in [1.165, 1.54) is 0 Å². The molecule has 1 aliphatic rings. The van der Waals surface area contributed by atoms with Gasteiger partial charge in [0.05, 0.1) is 17.1 Å². The fourth-order valence-electron chi connectivity index (χ4n) is 1.53. The normalized spacial score (nSPS) is 12.4. The summed E-state index contributed by atoms with van der Waals surface area (Å²) < 4.78 is 15.4. The van der Waals surface area contributed by atoms with E-state index < -0.39 is 5.97 Å². The van der Waals surface area contributed by atoms with E-state index >= 15 is 0 Å². The van der Waals surface area contributed by atoms with E-state index in [9.17, 15) is 4.79 Å². The third-order valence-corrected chi connectivity index (χ3v) is 2.78. The van der Waals surface area contributed by atoms with Crippen molar-refractivity contribution < 1.29 is 19.0 Å². The Morgan fingerprint density at radius 2 is 2.29 bits per heavy atom. The van der Waals surface area contributed by atoms with Crippen molar-refractivity contribution in [3.63, 3.8) is 0 Å². The van der Waals surface area contributed by atoms with Crippen molar-refractivity contribution in [3.8, 4) is 11.5 Å². The number of rotatable bonds is 3. The lowest BCUT2D eigenvalue weighted by atomic mass is 10.1. The van der Waals surface area contributed by atoms with E-state index in [1.807, 2.05) is 0 Å². The molecule has 0 aromatic heterocycles. The number of esters is 1. The molecule has 0 unspecified atom stereocenters. The number of hydrogen-bond acceptors (Lipinski definition) is 5.